The second-order valence-electron chi connectivity index (χ2n) is 5.63. The van der Waals surface area contributed by atoms with Gasteiger partial charge in [-0.1, -0.05) is 0 Å². The molecule has 0 amide bonds. The van der Waals surface area contributed by atoms with E-state index in [-0.39, 0.29) is 23.5 Å². The number of hydrogen-bond donors (Lipinski definition) is 1. The summed E-state index contributed by atoms with van der Waals surface area (Å²) in [6, 6.07) is 1.36. The standard InChI is InChI=1S/C16H16F3N3OS/c17-13-5-15(19)14(18)3-10(13)8-23-9-11-4-12(24)7-22(11)16-6-20-1-2-21-16/h1-3,5-6,11-12,24H,4,7-9H2. The normalized spacial score (nSPS) is 20.6. The van der Waals surface area contributed by atoms with E-state index in [4.69, 9.17) is 4.74 Å². The van der Waals surface area contributed by atoms with Crippen LogP contribution < -0.4 is 4.90 Å². The van der Waals surface area contributed by atoms with Crippen LogP contribution in [-0.4, -0.2) is 34.4 Å². The van der Waals surface area contributed by atoms with Gasteiger partial charge >= 0.3 is 0 Å². The average Bonchev–Trinajstić information content (AvgIpc) is 2.94. The zero-order chi connectivity index (χ0) is 17.1. The Labute approximate surface area is 143 Å². The summed E-state index contributed by atoms with van der Waals surface area (Å²) in [5.74, 6) is -2.40. The molecule has 2 aromatic rings. The van der Waals surface area contributed by atoms with Gasteiger partial charge in [0.15, 0.2) is 11.6 Å². The highest BCUT2D eigenvalue weighted by atomic mass is 32.1. The number of aromatic nitrogens is 2. The first-order valence-corrected chi connectivity index (χ1v) is 7.98. The highest BCUT2D eigenvalue weighted by molar-refractivity contribution is 7.81. The first-order chi connectivity index (χ1) is 11.5. The summed E-state index contributed by atoms with van der Waals surface area (Å²) in [6.45, 7) is 0.868. The number of rotatable bonds is 5. The van der Waals surface area contributed by atoms with Gasteiger partial charge in [-0.25, -0.2) is 18.2 Å². The van der Waals surface area contributed by atoms with Gasteiger partial charge in [0.2, 0.25) is 0 Å². The molecule has 2 unspecified atom stereocenters. The van der Waals surface area contributed by atoms with Crippen LogP contribution in [0.3, 0.4) is 0 Å². The Hall–Kier alpha value is -1.80. The maximum absolute atomic E-state index is 13.6. The quantitative estimate of drug-likeness (QED) is 0.661. The van der Waals surface area contributed by atoms with E-state index in [0.717, 1.165) is 18.3 Å². The lowest BCUT2D eigenvalue weighted by Crippen LogP contribution is -2.34. The van der Waals surface area contributed by atoms with E-state index in [1.807, 2.05) is 4.90 Å². The highest BCUT2D eigenvalue weighted by Gasteiger charge is 2.31. The summed E-state index contributed by atoms with van der Waals surface area (Å²) in [5.41, 5.74) is -0.0135. The average molecular weight is 355 g/mol. The monoisotopic (exact) mass is 355 g/mol. The van der Waals surface area contributed by atoms with Crippen LogP contribution in [0.15, 0.2) is 30.7 Å². The van der Waals surface area contributed by atoms with E-state index in [1.165, 1.54) is 0 Å². The molecule has 1 aromatic carbocycles. The smallest absolute Gasteiger partial charge is 0.161 e. The molecule has 1 aromatic heterocycles. The van der Waals surface area contributed by atoms with Crippen molar-refractivity contribution < 1.29 is 17.9 Å². The highest BCUT2D eigenvalue weighted by Crippen LogP contribution is 2.26. The van der Waals surface area contributed by atoms with E-state index in [2.05, 4.69) is 22.6 Å². The maximum atomic E-state index is 13.6. The van der Waals surface area contributed by atoms with Crippen LogP contribution >= 0.6 is 12.6 Å². The molecule has 8 heteroatoms. The molecular weight excluding hydrogens is 339 g/mol. The van der Waals surface area contributed by atoms with Gasteiger partial charge in [0.1, 0.15) is 11.6 Å². The number of benzene rings is 1. The molecule has 3 rings (SSSR count). The Bertz CT molecular complexity index is 704. The molecule has 128 valence electrons. The summed E-state index contributed by atoms with van der Waals surface area (Å²) >= 11 is 4.50. The van der Waals surface area contributed by atoms with Crippen LogP contribution in [0, 0.1) is 17.5 Å². The first kappa shape index (κ1) is 17.0. The summed E-state index contributed by atoms with van der Waals surface area (Å²) < 4.78 is 45.3. The van der Waals surface area contributed by atoms with Gasteiger partial charge in [-0.15, -0.1) is 0 Å². The van der Waals surface area contributed by atoms with E-state index in [1.54, 1.807) is 18.6 Å². The number of anilines is 1. The molecule has 2 heterocycles. The van der Waals surface area contributed by atoms with Gasteiger partial charge in [-0.05, 0) is 12.5 Å². The molecule has 0 bridgehead atoms. The lowest BCUT2D eigenvalue weighted by atomic mass is 10.2. The van der Waals surface area contributed by atoms with Crippen molar-refractivity contribution in [3.8, 4) is 0 Å². The molecule has 4 nitrogen and oxygen atoms in total. The van der Waals surface area contributed by atoms with Crippen LogP contribution in [0.2, 0.25) is 0 Å². The van der Waals surface area contributed by atoms with Gasteiger partial charge in [0.05, 0.1) is 25.5 Å². The van der Waals surface area contributed by atoms with Gasteiger partial charge in [-0.2, -0.15) is 12.6 Å². The fourth-order valence-corrected chi connectivity index (χ4v) is 3.17. The molecule has 1 aliphatic heterocycles. The summed E-state index contributed by atoms with van der Waals surface area (Å²) in [4.78, 5) is 10.4. The Morgan fingerprint density at radius 2 is 1.96 bits per heavy atom. The lowest BCUT2D eigenvalue weighted by molar-refractivity contribution is 0.106. The van der Waals surface area contributed by atoms with Crippen LogP contribution in [-0.2, 0) is 11.3 Å². The minimum Gasteiger partial charge on any atom is -0.375 e. The number of halogens is 3. The van der Waals surface area contributed by atoms with Crippen molar-refractivity contribution in [3.05, 3.63) is 53.7 Å². The molecule has 0 radical (unpaired) electrons. The SMILES string of the molecule is Fc1cc(F)c(COCC2CC(S)CN2c2cnccn2)cc1F. The largest absolute Gasteiger partial charge is 0.375 e. The van der Waals surface area contributed by atoms with Gasteiger partial charge in [-0.3, -0.25) is 4.98 Å². The van der Waals surface area contributed by atoms with E-state index >= 15 is 0 Å². The van der Waals surface area contributed by atoms with Crippen molar-refractivity contribution in [1.82, 2.24) is 9.97 Å². The van der Waals surface area contributed by atoms with E-state index in [0.29, 0.717) is 19.2 Å². The van der Waals surface area contributed by atoms with Crippen LogP contribution in [0.5, 0.6) is 0 Å². The second-order valence-corrected chi connectivity index (χ2v) is 6.36. The Balaban J connectivity index is 1.62. The van der Waals surface area contributed by atoms with Crippen LogP contribution in [0.25, 0.3) is 0 Å². The molecule has 0 N–H and O–H groups in total. The van der Waals surface area contributed by atoms with Crippen LogP contribution in [0.4, 0.5) is 19.0 Å². The third-order valence-corrected chi connectivity index (χ3v) is 4.27. The van der Waals surface area contributed by atoms with Crippen LogP contribution in [0.1, 0.15) is 12.0 Å². The molecular formula is C16H16F3N3OS. The first-order valence-electron chi connectivity index (χ1n) is 7.46. The maximum Gasteiger partial charge on any atom is 0.161 e. The zero-order valence-corrected chi connectivity index (χ0v) is 13.6. The number of hydrogen-bond acceptors (Lipinski definition) is 5. The fourth-order valence-electron chi connectivity index (χ4n) is 2.75. The number of thiol groups is 1. The molecule has 1 fully saturated rings. The molecule has 0 saturated carbocycles. The predicted molar refractivity (Wildman–Crippen MR) is 86.5 cm³/mol. The van der Waals surface area contributed by atoms with Crippen molar-refractivity contribution in [2.45, 2.75) is 24.3 Å². The molecule has 1 saturated heterocycles. The second kappa shape index (κ2) is 7.40. The van der Waals surface area contributed by atoms with Gasteiger partial charge in [0, 0.05) is 35.8 Å². The Morgan fingerprint density at radius 3 is 2.71 bits per heavy atom. The summed E-state index contributed by atoms with van der Waals surface area (Å²) in [5, 5.41) is 0.167. The third-order valence-electron chi connectivity index (χ3n) is 3.89. The molecule has 1 aliphatic rings. The zero-order valence-electron chi connectivity index (χ0n) is 12.7. The Morgan fingerprint density at radius 1 is 1.17 bits per heavy atom. The lowest BCUT2D eigenvalue weighted by Gasteiger charge is -2.25. The van der Waals surface area contributed by atoms with Crippen molar-refractivity contribution in [1.29, 1.82) is 0 Å². The molecule has 2 atom stereocenters. The molecule has 24 heavy (non-hydrogen) atoms. The minimum absolute atomic E-state index is 0.0116. The van der Waals surface area contributed by atoms with Gasteiger partial charge < -0.3 is 9.64 Å². The third kappa shape index (κ3) is 3.81. The van der Waals surface area contributed by atoms with Gasteiger partial charge in [0.25, 0.3) is 0 Å². The predicted octanol–water partition coefficient (Wildman–Crippen LogP) is 2.99. The molecule has 0 aliphatic carbocycles. The molecule has 0 spiro atoms. The Kier molecular flexibility index (Phi) is 5.25. The van der Waals surface area contributed by atoms with Crippen molar-refractivity contribution in [3.63, 3.8) is 0 Å². The number of nitrogens with zero attached hydrogens (tertiary/aromatic N) is 3. The van der Waals surface area contributed by atoms with E-state index < -0.39 is 17.5 Å². The van der Waals surface area contributed by atoms with Crippen molar-refractivity contribution >= 4 is 18.4 Å². The van der Waals surface area contributed by atoms with Crippen molar-refractivity contribution in [2.24, 2.45) is 0 Å². The fraction of sp³-hybridized carbons (Fsp3) is 0.375. The number of ether oxygens (including phenoxy) is 1. The minimum atomic E-state index is -1.21. The topological polar surface area (TPSA) is 38.2 Å². The summed E-state index contributed by atoms with van der Waals surface area (Å²) in [6.07, 6.45) is 5.64. The van der Waals surface area contributed by atoms with Crippen molar-refractivity contribution in [2.75, 3.05) is 18.1 Å². The van der Waals surface area contributed by atoms with E-state index in [9.17, 15) is 13.2 Å². The summed E-state index contributed by atoms with van der Waals surface area (Å²) in [7, 11) is 0.